The first-order valence-corrected chi connectivity index (χ1v) is 7.05. The van der Waals surface area contributed by atoms with Crippen LogP contribution in [-0.2, 0) is 11.3 Å². The summed E-state index contributed by atoms with van der Waals surface area (Å²) < 4.78 is 5.26. The number of aliphatic hydroxyl groups excluding tert-OH is 3. The number of morpholine rings is 1. The van der Waals surface area contributed by atoms with Crippen LogP contribution in [0.15, 0.2) is 24.3 Å². The van der Waals surface area contributed by atoms with Crippen molar-refractivity contribution in [1.82, 2.24) is 4.90 Å². The van der Waals surface area contributed by atoms with Gasteiger partial charge in [-0.15, -0.1) is 0 Å². The zero-order chi connectivity index (χ0) is 14.4. The summed E-state index contributed by atoms with van der Waals surface area (Å²) in [5.74, 6) is 0. The van der Waals surface area contributed by atoms with Gasteiger partial charge < -0.3 is 20.1 Å². The molecule has 1 aliphatic heterocycles. The van der Waals surface area contributed by atoms with Crippen LogP contribution in [0.5, 0.6) is 0 Å². The molecule has 0 spiro atoms. The summed E-state index contributed by atoms with van der Waals surface area (Å²) in [6.07, 6.45) is -0.921. The Morgan fingerprint density at radius 1 is 1.10 bits per heavy atom. The standard InChI is InChI=1S/C15H23NO4/c17-11-12-1-3-13(4-2-12)15(19)9-14(18)10-16-5-7-20-8-6-16/h1-4,14-15,17-19H,5-11H2. The number of hydrogen-bond acceptors (Lipinski definition) is 5. The van der Waals surface area contributed by atoms with E-state index in [1.807, 2.05) is 0 Å². The van der Waals surface area contributed by atoms with Gasteiger partial charge in [0.2, 0.25) is 0 Å². The lowest BCUT2D eigenvalue weighted by molar-refractivity contribution is 0.00216. The number of ether oxygens (including phenoxy) is 1. The summed E-state index contributed by atoms with van der Waals surface area (Å²) >= 11 is 0. The molecule has 1 aromatic carbocycles. The molecule has 0 saturated carbocycles. The van der Waals surface area contributed by atoms with E-state index < -0.39 is 12.2 Å². The molecule has 2 rings (SSSR count). The van der Waals surface area contributed by atoms with Crippen LogP contribution in [0.1, 0.15) is 23.7 Å². The van der Waals surface area contributed by atoms with Crippen LogP contribution >= 0.6 is 0 Å². The SMILES string of the molecule is OCc1ccc(C(O)CC(O)CN2CCOCC2)cc1. The fourth-order valence-electron chi connectivity index (χ4n) is 2.40. The van der Waals surface area contributed by atoms with Crippen molar-refractivity contribution in [2.75, 3.05) is 32.8 Å². The lowest BCUT2D eigenvalue weighted by Crippen LogP contribution is -2.41. The number of hydrogen-bond donors (Lipinski definition) is 3. The molecular formula is C15H23NO4. The van der Waals surface area contributed by atoms with Crippen molar-refractivity contribution in [3.8, 4) is 0 Å². The van der Waals surface area contributed by atoms with E-state index in [9.17, 15) is 10.2 Å². The maximum Gasteiger partial charge on any atom is 0.0815 e. The average Bonchev–Trinajstić information content (AvgIpc) is 2.48. The van der Waals surface area contributed by atoms with Gasteiger partial charge in [-0.3, -0.25) is 4.90 Å². The minimum Gasteiger partial charge on any atom is -0.392 e. The Morgan fingerprint density at radius 3 is 2.35 bits per heavy atom. The van der Waals surface area contributed by atoms with Gasteiger partial charge in [-0.1, -0.05) is 24.3 Å². The molecule has 3 N–H and O–H groups in total. The fourth-order valence-corrected chi connectivity index (χ4v) is 2.40. The predicted octanol–water partition coefficient (Wildman–Crippen LogP) is 0.295. The second-order valence-corrected chi connectivity index (χ2v) is 5.22. The summed E-state index contributed by atoms with van der Waals surface area (Å²) in [5.41, 5.74) is 1.58. The molecule has 0 amide bonds. The molecule has 0 bridgehead atoms. The van der Waals surface area contributed by atoms with Crippen LogP contribution in [0.4, 0.5) is 0 Å². The highest BCUT2D eigenvalue weighted by atomic mass is 16.5. The van der Waals surface area contributed by atoms with Crippen LogP contribution in [0, 0.1) is 0 Å². The van der Waals surface area contributed by atoms with Crippen LogP contribution in [-0.4, -0.2) is 59.2 Å². The number of aliphatic hydroxyl groups is 3. The van der Waals surface area contributed by atoms with E-state index in [4.69, 9.17) is 9.84 Å². The topological polar surface area (TPSA) is 73.2 Å². The van der Waals surface area contributed by atoms with Crippen LogP contribution in [0.3, 0.4) is 0 Å². The van der Waals surface area contributed by atoms with E-state index in [-0.39, 0.29) is 6.61 Å². The molecule has 1 heterocycles. The smallest absolute Gasteiger partial charge is 0.0815 e. The molecule has 20 heavy (non-hydrogen) atoms. The lowest BCUT2D eigenvalue weighted by Gasteiger charge is -2.29. The van der Waals surface area contributed by atoms with Crippen molar-refractivity contribution in [3.63, 3.8) is 0 Å². The van der Waals surface area contributed by atoms with Gasteiger partial charge in [-0.05, 0) is 11.1 Å². The lowest BCUT2D eigenvalue weighted by atomic mass is 10.0. The Morgan fingerprint density at radius 2 is 1.75 bits per heavy atom. The van der Waals surface area contributed by atoms with E-state index >= 15 is 0 Å². The predicted molar refractivity (Wildman–Crippen MR) is 75.2 cm³/mol. The van der Waals surface area contributed by atoms with Gasteiger partial charge in [0.25, 0.3) is 0 Å². The molecule has 112 valence electrons. The number of β-amino-alcohol motifs (C(OH)–C–C–N with tert-alkyl or cyclic N) is 1. The fraction of sp³-hybridized carbons (Fsp3) is 0.600. The third kappa shape index (κ3) is 4.54. The minimum atomic E-state index is -0.682. The van der Waals surface area contributed by atoms with Gasteiger partial charge in [0.05, 0.1) is 32.0 Å². The van der Waals surface area contributed by atoms with Gasteiger partial charge >= 0.3 is 0 Å². The molecule has 5 nitrogen and oxygen atoms in total. The first kappa shape index (κ1) is 15.4. The van der Waals surface area contributed by atoms with Crippen molar-refractivity contribution in [2.45, 2.75) is 25.2 Å². The molecule has 2 atom stereocenters. The zero-order valence-electron chi connectivity index (χ0n) is 11.6. The Balaban J connectivity index is 1.81. The molecule has 0 radical (unpaired) electrons. The molecule has 1 fully saturated rings. The minimum absolute atomic E-state index is 0.00394. The molecule has 5 heteroatoms. The van der Waals surface area contributed by atoms with Crippen LogP contribution in [0.2, 0.25) is 0 Å². The van der Waals surface area contributed by atoms with Gasteiger partial charge in [-0.25, -0.2) is 0 Å². The van der Waals surface area contributed by atoms with E-state index in [0.717, 1.165) is 24.2 Å². The Labute approximate surface area is 119 Å². The zero-order valence-corrected chi connectivity index (χ0v) is 11.6. The molecule has 0 aliphatic carbocycles. The average molecular weight is 281 g/mol. The monoisotopic (exact) mass is 281 g/mol. The third-order valence-electron chi connectivity index (χ3n) is 3.62. The number of nitrogens with zero attached hydrogens (tertiary/aromatic N) is 1. The normalized spacial score (nSPS) is 19.8. The first-order chi connectivity index (χ1) is 9.69. The second-order valence-electron chi connectivity index (χ2n) is 5.22. The van der Waals surface area contributed by atoms with Crippen molar-refractivity contribution in [2.24, 2.45) is 0 Å². The van der Waals surface area contributed by atoms with Gasteiger partial charge in [0.15, 0.2) is 0 Å². The van der Waals surface area contributed by atoms with Gasteiger partial charge in [0.1, 0.15) is 0 Å². The number of rotatable bonds is 6. The van der Waals surface area contributed by atoms with E-state index in [2.05, 4.69) is 4.90 Å². The highest BCUT2D eigenvalue weighted by Gasteiger charge is 2.18. The Hall–Kier alpha value is -0.980. The third-order valence-corrected chi connectivity index (χ3v) is 3.62. The van der Waals surface area contributed by atoms with E-state index in [1.165, 1.54) is 0 Å². The number of benzene rings is 1. The van der Waals surface area contributed by atoms with Crippen molar-refractivity contribution in [1.29, 1.82) is 0 Å². The highest BCUT2D eigenvalue weighted by Crippen LogP contribution is 2.19. The van der Waals surface area contributed by atoms with E-state index in [0.29, 0.717) is 26.2 Å². The van der Waals surface area contributed by atoms with Crippen molar-refractivity contribution >= 4 is 0 Å². The Bertz CT molecular complexity index is 389. The summed E-state index contributed by atoms with van der Waals surface area (Å²) in [6.45, 7) is 3.64. The molecule has 1 saturated heterocycles. The highest BCUT2D eigenvalue weighted by molar-refractivity contribution is 5.23. The maximum absolute atomic E-state index is 10.1. The summed E-state index contributed by atoms with van der Waals surface area (Å²) in [4.78, 5) is 2.15. The van der Waals surface area contributed by atoms with Crippen LogP contribution < -0.4 is 0 Å². The van der Waals surface area contributed by atoms with Gasteiger partial charge in [0, 0.05) is 26.1 Å². The molecule has 2 unspecified atom stereocenters. The maximum atomic E-state index is 10.1. The summed E-state index contributed by atoms with van der Waals surface area (Å²) in [5, 5.41) is 29.1. The van der Waals surface area contributed by atoms with Gasteiger partial charge in [-0.2, -0.15) is 0 Å². The second kappa shape index (κ2) is 7.71. The van der Waals surface area contributed by atoms with Crippen molar-refractivity contribution in [3.05, 3.63) is 35.4 Å². The molecular weight excluding hydrogens is 258 g/mol. The first-order valence-electron chi connectivity index (χ1n) is 7.05. The largest absolute Gasteiger partial charge is 0.392 e. The van der Waals surface area contributed by atoms with E-state index in [1.54, 1.807) is 24.3 Å². The molecule has 1 aliphatic rings. The summed E-state index contributed by atoms with van der Waals surface area (Å²) in [7, 11) is 0. The van der Waals surface area contributed by atoms with Crippen LogP contribution in [0.25, 0.3) is 0 Å². The Kier molecular flexibility index (Phi) is 5.94. The quantitative estimate of drug-likeness (QED) is 0.699. The molecule has 0 aromatic heterocycles. The van der Waals surface area contributed by atoms with Crippen molar-refractivity contribution < 1.29 is 20.1 Å². The molecule has 1 aromatic rings. The summed E-state index contributed by atoms with van der Waals surface area (Å²) in [6, 6.07) is 7.15.